The van der Waals surface area contributed by atoms with Crippen LogP contribution in [0.5, 0.6) is 0 Å². The van der Waals surface area contributed by atoms with Gasteiger partial charge in [0.1, 0.15) is 0 Å². The normalized spacial score (nSPS) is 10.6. The van der Waals surface area contributed by atoms with Gasteiger partial charge in [-0.1, -0.05) is 53.1 Å². The van der Waals surface area contributed by atoms with Crippen molar-refractivity contribution in [2.45, 2.75) is 26.9 Å². The van der Waals surface area contributed by atoms with Crippen molar-refractivity contribution in [1.29, 1.82) is 0 Å². The summed E-state index contributed by atoms with van der Waals surface area (Å²) in [5, 5.41) is 0. The molecule has 0 aliphatic carbocycles. The molecule has 3 heteroatoms. The van der Waals surface area contributed by atoms with Gasteiger partial charge in [-0.05, 0) is 32.9 Å². The Morgan fingerprint density at radius 2 is 0.842 bits per heavy atom. The average Bonchev–Trinajstić information content (AvgIpc) is 2.33. The lowest BCUT2D eigenvalue weighted by atomic mass is 10.1. The van der Waals surface area contributed by atoms with E-state index < -0.39 is 11.7 Å². The summed E-state index contributed by atoms with van der Waals surface area (Å²) in [7, 11) is 0. The predicted molar refractivity (Wildman–Crippen MR) is 72.1 cm³/mol. The number of hydrogen-bond acceptors (Lipinski definition) is 0. The molecular formula is C16H17F3. The van der Waals surface area contributed by atoms with Crippen LogP contribution in [0, 0.1) is 20.8 Å². The van der Waals surface area contributed by atoms with Gasteiger partial charge in [-0.15, -0.1) is 0 Å². The second-order valence-corrected chi connectivity index (χ2v) is 4.52. The number of rotatable bonds is 0. The zero-order chi connectivity index (χ0) is 14.5. The van der Waals surface area contributed by atoms with E-state index in [4.69, 9.17) is 0 Å². The van der Waals surface area contributed by atoms with Crippen LogP contribution in [0.25, 0.3) is 0 Å². The summed E-state index contributed by atoms with van der Waals surface area (Å²) in [6.45, 7) is 5.94. The highest BCUT2D eigenvalue weighted by molar-refractivity contribution is 5.23. The van der Waals surface area contributed by atoms with E-state index in [0.717, 1.165) is 17.7 Å². The van der Waals surface area contributed by atoms with E-state index in [-0.39, 0.29) is 0 Å². The van der Waals surface area contributed by atoms with Crippen LogP contribution in [0.2, 0.25) is 0 Å². The van der Waals surface area contributed by atoms with E-state index in [9.17, 15) is 13.2 Å². The highest BCUT2D eigenvalue weighted by Crippen LogP contribution is 2.28. The first kappa shape index (κ1) is 15.3. The second-order valence-electron chi connectivity index (χ2n) is 4.52. The molecule has 2 rings (SSSR count). The van der Waals surface area contributed by atoms with Crippen LogP contribution in [0.3, 0.4) is 0 Å². The van der Waals surface area contributed by atoms with Crippen LogP contribution < -0.4 is 0 Å². The second kappa shape index (κ2) is 6.41. The minimum Gasteiger partial charge on any atom is -0.166 e. The van der Waals surface area contributed by atoms with Crippen molar-refractivity contribution in [3.05, 3.63) is 70.8 Å². The standard InChI is InChI=1S/C8H7F3.C8H10/c1-6-2-4-7(5-3-6)8(9,10)11;1-7-3-5-8(2)6-4-7/h2-5H,1H3;3-6H,1-2H3. The third kappa shape index (κ3) is 5.60. The van der Waals surface area contributed by atoms with E-state index in [1.54, 1.807) is 6.92 Å². The van der Waals surface area contributed by atoms with Crippen LogP contribution >= 0.6 is 0 Å². The minimum absolute atomic E-state index is 0.594. The fraction of sp³-hybridized carbons (Fsp3) is 0.250. The predicted octanol–water partition coefficient (Wildman–Crippen LogP) is 5.32. The third-order valence-electron chi connectivity index (χ3n) is 2.60. The molecule has 0 saturated carbocycles. The lowest BCUT2D eigenvalue weighted by Gasteiger charge is -2.05. The molecule has 0 fully saturated rings. The smallest absolute Gasteiger partial charge is 0.166 e. The highest BCUT2D eigenvalue weighted by atomic mass is 19.4. The summed E-state index contributed by atoms with van der Waals surface area (Å²) in [5.74, 6) is 0. The SMILES string of the molecule is Cc1ccc(C(F)(F)F)cc1.Cc1ccc(C)cc1. The molecule has 2 aromatic carbocycles. The lowest BCUT2D eigenvalue weighted by molar-refractivity contribution is -0.137. The summed E-state index contributed by atoms with van der Waals surface area (Å²) in [6.07, 6.45) is -4.21. The summed E-state index contributed by atoms with van der Waals surface area (Å²) in [6, 6.07) is 13.5. The van der Waals surface area contributed by atoms with Gasteiger partial charge in [0.05, 0.1) is 5.56 Å². The molecule has 0 atom stereocenters. The molecular weight excluding hydrogens is 249 g/mol. The molecule has 0 amide bonds. The first-order valence-electron chi connectivity index (χ1n) is 5.96. The fourth-order valence-corrected chi connectivity index (χ4v) is 1.38. The van der Waals surface area contributed by atoms with Gasteiger partial charge < -0.3 is 0 Å². The van der Waals surface area contributed by atoms with Gasteiger partial charge in [0, 0.05) is 0 Å². The van der Waals surface area contributed by atoms with Crippen LogP contribution in [0.1, 0.15) is 22.3 Å². The van der Waals surface area contributed by atoms with Crippen LogP contribution in [0.15, 0.2) is 48.5 Å². The Morgan fingerprint density at radius 3 is 1.11 bits per heavy atom. The van der Waals surface area contributed by atoms with Gasteiger partial charge >= 0.3 is 6.18 Å². The van der Waals surface area contributed by atoms with Crippen molar-refractivity contribution in [3.63, 3.8) is 0 Å². The summed E-state index contributed by atoms with van der Waals surface area (Å²) >= 11 is 0. The molecule has 0 radical (unpaired) electrons. The molecule has 19 heavy (non-hydrogen) atoms. The Balaban J connectivity index is 0.000000200. The molecule has 2 aromatic rings. The molecule has 0 aliphatic rings. The first-order valence-corrected chi connectivity index (χ1v) is 5.96. The monoisotopic (exact) mass is 266 g/mol. The summed E-state index contributed by atoms with van der Waals surface area (Å²) in [5.41, 5.74) is 2.90. The van der Waals surface area contributed by atoms with E-state index in [2.05, 4.69) is 38.1 Å². The zero-order valence-corrected chi connectivity index (χ0v) is 11.3. The summed E-state index contributed by atoms with van der Waals surface area (Å²) in [4.78, 5) is 0. The maximum Gasteiger partial charge on any atom is 0.416 e. The lowest BCUT2D eigenvalue weighted by Crippen LogP contribution is -2.03. The maximum atomic E-state index is 11.9. The first-order chi connectivity index (χ1) is 8.79. The molecule has 0 N–H and O–H groups in total. The Hall–Kier alpha value is -1.77. The number of alkyl halides is 3. The van der Waals surface area contributed by atoms with Gasteiger partial charge in [-0.2, -0.15) is 13.2 Å². The van der Waals surface area contributed by atoms with Crippen LogP contribution in [-0.2, 0) is 6.18 Å². The third-order valence-corrected chi connectivity index (χ3v) is 2.60. The van der Waals surface area contributed by atoms with Crippen molar-refractivity contribution in [3.8, 4) is 0 Å². The Bertz CT molecular complexity index is 472. The van der Waals surface area contributed by atoms with Gasteiger partial charge in [0.25, 0.3) is 0 Å². The van der Waals surface area contributed by atoms with Gasteiger partial charge in [-0.25, -0.2) is 0 Å². The molecule has 0 heterocycles. The quantitative estimate of drug-likeness (QED) is 0.605. The minimum atomic E-state index is -4.21. The molecule has 0 nitrogen and oxygen atoms in total. The van der Waals surface area contributed by atoms with Crippen molar-refractivity contribution in [2.75, 3.05) is 0 Å². The van der Waals surface area contributed by atoms with Gasteiger partial charge in [0.2, 0.25) is 0 Å². The van der Waals surface area contributed by atoms with Crippen molar-refractivity contribution in [1.82, 2.24) is 0 Å². The Kier molecular flexibility index (Phi) is 5.16. The molecule has 0 spiro atoms. The van der Waals surface area contributed by atoms with Crippen molar-refractivity contribution < 1.29 is 13.2 Å². The van der Waals surface area contributed by atoms with E-state index in [1.807, 2.05) is 0 Å². The largest absolute Gasteiger partial charge is 0.416 e. The molecule has 0 saturated heterocycles. The molecule has 0 bridgehead atoms. The average molecular weight is 266 g/mol. The highest BCUT2D eigenvalue weighted by Gasteiger charge is 2.29. The maximum absolute atomic E-state index is 11.9. The topological polar surface area (TPSA) is 0 Å². The van der Waals surface area contributed by atoms with Crippen molar-refractivity contribution >= 4 is 0 Å². The number of aryl methyl sites for hydroxylation is 3. The number of hydrogen-bond donors (Lipinski definition) is 0. The molecule has 0 aromatic heterocycles. The van der Waals surface area contributed by atoms with Crippen molar-refractivity contribution in [2.24, 2.45) is 0 Å². The molecule has 0 unspecified atom stereocenters. The van der Waals surface area contributed by atoms with E-state index in [0.29, 0.717) is 0 Å². The Morgan fingerprint density at radius 1 is 0.579 bits per heavy atom. The summed E-state index contributed by atoms with van der Waals surface area (Å²) < 4.78 is 35.8. The number of benzene rings is 2. The van der Waals surface area contributed by atoms with E-state index in [1.165, 1.54) is 23.3 Å². The molecule has 0 aliphatic heterocycles. The Labute approximate surface area is 111 Å². The van der Waals surface area contributed by atoms with Gasteiger partial charge in [-0.3, -0.25) is 0 Å². The van der Waals surface area contributed by atoms with Gasteiger partial charge in [0.15, 0.2) is 0 Å². The zero-order valence-electron chi connectivity index (χ0n) is 11.3. The number of halogens is 3. The fourth-order valence-electron chi connectivity index (χ4n) is 1.38. The van der Waals surface area contributed by atoms with Crippen LogP contribution in [0.4, 0.5) is 13.2 Å². The van der Waals surface area contributed by atoms with Crippen LogP contribution in [-0.4, -0.2) is 0 Å². The van der Waals surface area contributed by atoms with E-state index >= 15 is 0 Å². The molecule has 102 valence electrons.